The average molecular weight is 402 g/mol. The first kappa shape index (κ1) is 21.0. The van der Waals surface area contributed by atoms with Crippen molar-refractivity contribution in [2.24, 2.45) is 11.7 Å². The van der Waals surface area contributed by atoms with Gasteiger partial charge in [-0.2, -0.15) is 0 Å². The van der Waals surface area contributed by atoms with Crippen LogP contribution in [0.3, 0.4) is 0 Å². The van der Waals surface area contributed by atoms with E-state index in [2.05, 4.69) is 5.32 Å². The number of ether oxygens (including phenoxy) is 1. The van der Waals surface area contributed by atoms with Crippen molar-refractivity contribution in [1.82, 2.24) is 4.90 Å². The SMILES string of the molecule is Cl.N[C@@H]1CCC[C@H]1CC(=O)Nc1ccc(C(=O)N2CCOCC2)c(Cl)c1. The van der Waals surface area contributed by atoms with Crippen LogP contribution in [0.4, 0.5) is 5.69 Å². The Kier molecular flexibility index (Phi) is 7.70. The third-order valence-electron chi connectivity index (χ3n) is 4.95. The molecule has 3 rings (SSSR count). The van der Waals surface area contributed by atoms with E-state index >= 15 is 0 Å². The average Bonchev–Trinajstić information content (AvgIpc) is 3.00. The zero-order valence-corrected chi connectivity index (χ0v) is 16.2. The Morgan fingerprint density at radius 2 is 2.00 bits per heavy atom. The lowest BCUT2D eigenvalue weighted by atomic mass is 10.00. The Morgan fingerprint density at radius 3 is 2.62 bits per heavy atom. The number of morpholine rings is 1. The third-order valence-corrected chi connectivity index (χ3v) is 5.26. The van der Waals surface area contributed by atoms with Crippen molar-refractivity contribution in [3.05, 3.63) is 28.8 Å². The van der Waals surface area contributed by atoms with Crippen LogP contribution < -0.4 is 11.1 Å². The molecule has 26 heavy (non-hydrogen) atoms. The molecule has 6 nitrogen and oxygen atoms in total. The van der Waals surface area contributed by atoms with Crippen molar-refractivity contribution in [1.29, 1.82) is 0 Å². The molecule has 2 atom stereocenters. The van der Waals surface area contributed by atoms with Crippen LogP contribution in [0.25, 0.3) is 0 Å². The summed E-state index contributed by atoms with van der Waals surface area (Å²) in [6, 6.07) is 5.12. The number of rotatable bonds is 4. The maximum Gasteiger partial charge on any atom is 0.255 e. The Bertz CT molecular complexity index is 651. The fourth-order valence-corrected chi connectivity index (χ4v) is 3.73. The summed E-state index contributed by atoms with van der Waals surface area (Å²) in [6.45, 7) is 2.21. The summed E-state index contributed by atoms with van der Waals surface area (Å²) >= 11 is 6.27. The maximum absolute atomic E-state index is 12.5. The molecule has 2 fully saturated rings. The lowest BCUT2D eigenvalue weighted by molar-refractivity contribution is -0.117. The normalized spacial score (nSPS) is 22.6. The van der Waals surface area contributed by atoms with Crippen LogP contribution in [-0.2, 0) is 9.53 Å². The Morgan fingerprint density at radius 1 is 1.27 bits per heavy atom. The second kappa shape index (κ2) is 9.55. The van der Waals surface area contributed by atoms with E-state index in [4.69, 9.17) is 22.1 Å². The summed E-state index contributed by atoms with van der Waals surface area (Å²) in [6.07, 6.45) is 3.50. The van der Waals surface area contributed by atoms with Gasteiger partial charge in [-0.15, -0.1) is 12.4 Å². The monoisotopic (exact) mass is 401 g/mol. The van der Waals surface area contributed by atoms with E-state index < -0.39 is 0 Å². The zero-order valence-electron chi connectivity index (χ0n) is 14.6. The molecule has 8 heteroatoms. The van der Waals surface area contributed by atoms with E-state index in [9.17, 15) is 9.59 Å². The highest BCUT2D eigenvalue weighted by atomic mass is 35.5. The molecule has 1 aliphatic carbocycles. The molecule has 1 saturated carbocycles. The number of nitrogens with zero attached hydrogens (tertiary/aromatic N) is 1. The predicted octanol–water partition coefficient (Wildman–Crippen LogP) is 2.69. The quantitative estimate of drug-likeness (QED) is 0.811. The van der Waals surface area contributed by atoms with Gasteiger partial charge in [-0.3, -0.25) is 9.59 Å². The molecule has 0 bridgehead atoms. The number of carbonyl (C=O) groups is 2. The third kappa shape index (κ3) is 5.10. The first-order valence-electron chi connectivity index (χ1n) is 8.76. The molecule has 1 saturated heterocycles. The van der Waals surface area contributed by atoms with Crippen LogP contribution in [-0.4, -0.2) is 49.1 Å². The van der Waals surface area contributed by atoms with Crippen molar-refractivity contribution >= 4 is 41.5 Å². The van der Waals surface area contributed by atoms with E-state index in [0.717, 1.165) is 19.3 Å². The van der Waals surface area contributed by atoms with Gasteiger partial charge in [0.2, 0.25) is 5.91 Å². The molecule has 1 aromatic rings. The highest BCUT2D eigenvalue weighted by Crippen LogP contribution is 2.28. The Labute approximate surface area is 164 Å². The maximum atomic E-state index is 12.5. The summed E-state index contributed by atoms with van der Waals surface area (Å²) in [4.78, 5) is 26.4. The van der Waals surface area contributed by atoms with Gasteiger partial charge in [0.15, 0.2) is 0 Å². The molecule has 0 aromatic heterocycles. The molecule has 1 aliphatic heterocycles. The number of halogens is 2. The van der Waals surface area contributed by atoms with Crippen molar-refractivity contribution in [3.8, 4) is 0 Å². The highest BCUT2D eigenvalue weighted by Gasteiger charge is 2.26. The molecule has 144 valence electrons. The number of anilines is 1. The molecule has 1 aromatic carbocycles. The highest BCUT2D eigenvalue weighted by molar-refractivity contribution is 6.34. The van der Waals surface area contributed by atoms with Crippen LogP contribution >= 0.6 is 24.0 Å². The smallest absolute Gasteiger partial charge is 0.255 e. The Hall–Kier alpha value is -1.34. The van der Waals surface area contributed by atoms with Gasteiger partial charge in [-0.25, -0.2) is 0 Å². The topological polar surface area (TPSA) is 84.7 Å². The molecular weight excluding hydrogens is 377 g/mol. The second-order valence-corrected chi connectivity index (χ2v) is 7.11. The van der Waals surface area contributed by atoms with Crippen LogP contribution in [0, 0.1) is 5.92 Å². The van der Waals surface area contributed by atoms with E-state index in [1.165, 1.54) is 0 Å². The summed E-state index contributed by atoms with van der Waals surface area (Å²) in [5.41, 5.74) is 7.06. The second-order valence-electron chi connectivity index (χ2n) is 6.71. The molecule has 2 aliphatic rings. The van der Waals surface area contributed by atoms with Gasteiger partial charge in [-0.1, -0.05) is 18.0 Å². The van der Waals surface area contributed by atoms with Gasteiger partial charge in [0.05, 0.1) is 23.8 Å². The van der Waals surface area contributed by atoms with Gasteiger partial charge in [0, 0.05) is 31.2 Å². The van der Waals surface area contributed by atoms with E-state index in [1.807, 2.05) is 0 Å². The van der Waals surface area contributed by atoms with Crippen LogP contribution in [0.15, 0.2) is 18.2 Å². The van der Waals surface area contributed by atoms with Gasteiger partial charge in [-0.05, 0) is 37.0 Å². The molecule has 0 radical (unpaired) electrons. The number of benzene rings is 1. The van der Waals surface area contributed by atoms with Crippen molar-refractivity contribution in [2.75, 3.05) is 31.6 Å². The predicted molar refractivity (Wildman–Crippen MR) is 104 cm³/mol. The van der Waals surface area contributed by atoms with Crippen LogP contribution in [0.1, 0.15) is 36.0 Å². The molecule has 2 amide bonds. The molecule has 3 N–H and O–H groups in total. The minimum atomic E-state index is -0.108. The van der Waals surface area contributed by atoms with E-state index in [0.29, 0.717) is 49.0 Å². The summed E-state index contributed by atoms with van der Waals surface area (Å²) in [5, 5.41) is 3.19. The lowest BCUT2D eigenvalue weighted by Gasteiger charge is -2.27. The molecular formula is C18H25Cl2N3O3. The first-order valence-corrected chi connectivity index (χ1v) is 9.14. The number of amides is 2. The number of nitrogens with one attached hydrogen (secondary N) is 1. The summed E-state index contributed by atoms with van der Waals surface area (Å²) in [7, 11) is 0. The standard InChI is InChI=1S/C18H24ClN3O3.ClH/c19-15-11-13(21-17(23)10-12-2-1-3-16(12)20)4-5-14(15)18(24)22-6-8-25-9-7-22;/h4-5,11-12,16H,1-3,6-10,20H2,(H,21,23);1H/t12-,16+;/m0./s1. The molecule has 1 heterocycles. The van der Waals surface area contributed by atoms with Gasteiger partial charge < -0.3 is 20.7 Å². The number of carbonyl (C=O) groups excluding carboxylic acids is 2. The van der Waals surface area contributed by atoms with Crippen molar-refractivity contribution in [2.45, 2.75) is 31.7 Å². The fourth-order valence-electron chi connectivity index (χ4n) is 3.47. The molecule has 0 spiro atoms. The Balaban J connectivity index is 0.00000243. The van der Waals surface area contributed by atoms with Crippen LogP contribution in [0.2, 0.25) is 5.02 Å². The van der Waals surface area contributed by atoms with E-state index in [1.54, 1.807) is 23.1 Å². The number of nitrogens with two attached hydrogens (primary N) is 1. The van der Waals surface area contributed by atoms with Crippen LogP contribution in [0.5, 0.6) is 0 Å². The molecule has 0 unspecified atom stereocenters. The largest absolute Gasteiger partial charge is 0.378 e. The minimum Gasteiger partial charge on any atom is -0.378 e. The van der Waals surface area contributed by atoms with Gasteiger partial charge in [0.25, 0.3) is 5.91 Å². The number of hydrogen-bond acceptors (Lipinski definition) is 4. The minimum absolute atomic E-state index is 0. The van der Waals surface area contributed by atoms with Crippen molar-refractivity contribution < 1.29 is 14.3 Å². The first-order chi connectivity index (χ1) is 12.0. The van der Waals surface area contributed by atoms with Gasteiger partial charge in [0.1, 0.15) is 0 Å². The lowest BCUT2D eigenvalue weighted by Crippen LogP contribution is -2.40. The summed E-state index contributed by atoms with van der Waals surface area (Å²) < 4.78 is 5.26. The number of hydrogen-bond donors (Lipinski definition) is 2. The fraction of sp³-hybridized carbons (Fsp3) is 0.556. The summed E-state index contributed by atoms with van der Waals surface area (Å²) in [5.74, 6) is 0.0754. The zero-order chi connectivity index (χ0) is 17.8. The van der Waals surface area contributed by atoms with E-state index in [-0.39, 0.29) is 36.2 Å². The van der Waals surface area contributed by atoms with Crippen molar-refractivity contribution in [3.63, 3.8) is 0 Å². The van der Waals surface area contributed by atoms with Gasteiger partial charge >= 0.3 is 0 Å².